The number of carbonyl (C=O) groups excluding carboxylic acids is 1. The van der Waals surface area contributed by atoms with E-state index in [4.69, 9.17) is 0 Å². The number of nitrogens with one attached hydrogen (secondary N) is 1. The van der Waals surface area contributed by atoms with Crippen LogP contribution in [-0.2, 0) is 11.3 Å². The number of rotatable bonds is 3. The van der Waals surface area contributed by atoms with Gasteiger partial charge in [0.2, 0.25) is 5.91 Å². The zero-order valence-electron chi connectivity index (χ0n) is 11.2. The lowest BCUT2D eigenvalue weighted by atomic mass is 9.81. The minimum absolute atomic E-state index is 0.0378. The van der Waals surface area contributed by atoms with Crippen molar-refractivity contribution in [2.75, 3.05) is 7.05 Å². The molecule has 1 aromatic rings. The third kappa shape index (κ3) is 3.49. The molecule has 112 valence electrons. The summed E-state index contributed by atoms with van der Waals surface area (Å²) in [6, 6.07) is 0. The molecule has 0 saturated heterocycles. The van der Waals surface area contributed by atoms with Crippen LogP contribution < -0.4 is 0 Å². The molecule has 1 N–H and O–H groups in total. The topological polar surface area (TPSA) is 61.9 Å². The van der Waals surface area contributed by atoms with E-state index >= 15 is 0 Å². The van der Waals surface area contributed by atoms with E-state index < -0.39 is 12.1 Å². The summed E-state index contributed by atoms with van der Waals surface area (Å²) in [6.45, 7) is 0.290. The first-order valence-electron chi connectivity index (χ1n) is 6.54. The van der Waals surface area contributed by atoms with Gasteiger partial charge in [-0.1, -0.05) is 0 Å². The Balaban J connectivity index is 1.85. The quantitative estimate of drug-likeness (QED) is 0.927. The smallest absolute Gasteiger partial charge is 0.338 e. The number of carbonyl (C=O) groups is 1. The van der Waals surface area contributed by atoms with E-state index in [1.165, 1.54) is 11.2 Å². The minimum atomic E-state index is -4.14. The number of nitrogens with zero attached hydrogens (tertiary/aromatic N) is 3. The monoisotopic (exact) mass is 290 g/mol. The summed E-state index contributed by atoms with van der Waals surface area (Å²) < 4.78 is 37.7. The molecule has 5 nitrogen and oxygen atoms in total. The predicted molar refractivity (Wildman–Crippen MR) is 64.4 cm³/mol. The average Bonchev–Trinajstić information content (AvgIpc) is 2.90. The van der Waals surface area contributed by atoms with Gasteiger partial charge in [-0.05, 0) is 25.7 Å². The van der Waals surface area contributed by atoms with Crippen LogP contribution in [0.2, 0.25) is 0 Å². The lowest BCUT2D eigenvalue weighted by molar-refractivity contribution is -0.185. The van der Waals surface area contributed by atoms with Gasteiger partial charge in [0.25, 0.3) is 0 Å². The van der Waals surface area contributed by atoms with Crippen molar-refractivity contribution in [2.45, 2.75) is 38.4 Å². The normalized spacial score (nSPS) is 23.6. The second-order valence-electron chi connectivity index (χ2n) is 5.22. The molecule has 0 spiro atoms. The van der Waals surface area contributed by atoms with Crippen molar-refractivity contribution in [1.29, 1.82) is 0 Å². The number of halogens is 3. The molecule has 1 aromatic heterocycles. The van der Waals surface area contributed by atoms with E-state index in [0.29, 0.717) is 18.7 Å². The SMILES string of the molecule is CN(Cc1ncn[nH]1)C(=O)C1CCC(C(F)(F)F)CC1. The van der Waals surface area contributed by atoms with E-state index in [1.807, 2.05) is 0 Å². The van der Waals surface area contributed by atoms with E-state index in [0.717, 1.165) is 0 Å². The fourth-order valence-electron chi connectivity index (χ4n) is 2.59. The first kappa shape index (κ1) is 14.8. The summed E-state index contributed by atoms with van der Waals surface area (Å²) >= 11 is 0. The van der Waals surface area contributed by atoms with Gasteiger partial charge >= 0.3 is 6.18 Å². The Morgan fingerprint density at radius 1 is 1.40 bits per heavy atom. The Hall–Kier alpha value is -1.60. The summed E-state index contributed by atoms with van der Waals surface area (Å²) in [6.07, 6.45) is -2.12. The van der Waals surface area contributed by atoms with Crippen LogP contribution in [0.5, 0.6) is 0 Å². The fraction of sp³-hybridized carbons (Fsp3) is 0.750. The van der Waals surface area contributed by atoms with Crippen LogP contribution in [0.4, 0.5) is 13.2 Å². The predicted octanol–water partition coefficient (Wildman–Crippen LogP) is 2.13. The van der Waals surface area contributed by atoms with Crippen LogP contribution in [0, 0.1) is 11.8 Å². The summed E-state index contributed by atoms with van der Waals surface area (Å²) in [7, 11) is 1.63. The summed E-state index contributed by atoms with van der Waals surface area (Å²) in [5.41, 5.74) is 0. The van der Waals surface area contributed by atoms with Crippen molar-refractivity contribution < 1.29 is 18.0 Å². The largest absolute Gasteiger partial charge is 0.391 e. The molecule has 1 fully saturated rings. The Bertz CT molecular complexity index is 438. The van der Waals surface area contributed by atoms with E-state index in [1.54, 1.807) is 7.05 Å². The number of hydrogen-bond donors (Lipinski definition) is 1. The lowest BCUT2D eigenvalue weighted by Crippen LogP contribution is -2.37. The first-order valence-corrected chi connectivity index (χ1v) is 6.54. The van der Waals surface area contributed by atoms with Crippen molar-refractivity contribution in [3.8, 4) is 0 Å². The van der Waals surface area contributed by atoms with Crippen molar-refractivity contribution >= 4 is 5.91 Å². The Labute approximate surface area is 114 Å². The molecule has 1 amide bonds. The molecule has 1 saturated carbocycles. The highest BCUT2D eigenvalue weighted by molar-refractivity contribution is 5.78. The van der Waals surface area contributed by atoms with Gasteiger partial charge in [0.15, 0.2) is 0 Å². The highest BCUT2D eigenvalue weighted by Crippen LogP contribution is 2.39. The third-order valence-electron chi connectivity index (χ3n) is 3.77. The van der Waals surface area contributed by atoms with Crippen LogP contribution in [0.1, 0.15) is 31.5 Å². The number of aromatic amines is 1. The molecule has 1 aliphatic rings. The molecule has 0 aromatic carbocycles. The zero-order chi connectivity index (χ0) is 14.8. The van der Waals surface area contributed by atoms with Crippen molar-refractivity contribution in [2.24, 2.45) is 11.8 Å². The van der Waals surface area contributed by atoms with Gasteiger partial charge in [0, 0.05) is 13.0 Å². The number of alkyl halides is 3. The van der Waals surface area contributed by atoms with Gasteiger partial charge in [-0.2, -0.15) is 18.3 Å². The maximum atomic E-state index is 12.6. The molecule has 0 unspecified atom stereocenters. The highest BCUT2D eigenvalue weighted by atomic mass is 19.4. The number of H-pyrrole nitrogens is 1. The maximum absolute atomic E-state index is 12.6. The van der Waals surface area contributed by atoms with Crippen LogP contribution in [0.25, 0.3) is 0 Å². The second-order valence-corrected chi connectivity index (χ2v) is 5.22. The molecular weight excluding hydrogens is 273 g/mol. The Morgan fingerprint density at radius 3 is 2.55 bits per heavy atom. The number of aromatic nitrogens is 3. The molecule has 2 rings (SSSR count). The molecule has 8 heteroatoms. The van der Waals surface area contributed by atoms with Crippen molar-refractivity contribution in [1.82, 2.24) is 20.1 Å². The van der Waals surface area contributed by atoms with Gasteiger partial charge in [0.05, 0.1) is 12.5 Å². The lowest BCUT2D eigenvalue weighted by Gasteiger charge is -2.31. The van der Waals surface area contributed by atoms with Gasteiger partial charge in [-0.3, -0.25) is 9.89 Å². The maximum Gasteiger partial charge on any atom is 0.391 e. The zero-order valence-corrected chi connectivity index (χ0v) is 11.2. The van der Waals surface area contributed by atoms with Crippen LogP contribution in [0.15, 0.2) is 6.33 Å². The summed E-state index contributed by atoms with van der Waals surface area (Å²) in [4.78, 5) is 17.6. The van der Waals surface area contributed by atoms with Crippen LogP contribution in [-0.4, -0.2) is 39.2 Å². The molecule has 0 aliphatic heterocycles. The molecule has 1 aliphatic carbocycles. The van der Waals surface area contributed by atoms with Crippen LogP contribution >= 0.6 is 0 Å². The Morgan fingerprint density at radius 2 is 2.05 bits per heavy atom. The van der Waals surface area contributed by atoms with Crippen molar-refractivity contribution in [3.05, 3.63) is 12.2 Å². The summed E-state index contributed by atoms with van der Waals surface area (Å²) in [5.74, 6) is -1.14. The van der Waals surface area contributed by atoms with E-state index in [2.05, 4.69) is 15.2 Å². The molecule has 0 atom stereocenters. The van der Waals surface area contributed by atoms with Crippen molar-refractivity contribution in [3.63, 3.8) is 0 Å². The highest BCUT2D eigenvalue weighted by Gasteiger charge is 2.42. The van der Waals surface area contributed by atoms with Gasteiger partial charge in [0.1, 0.15) is 12.2 Å². The number of hydrogen-bond acceptors (Lipinski definition) is 3. The van der Waals surface area contributed by atoms with Gasteiger partial charge < -0.3 is 4.90 Å². The average molecular weight is 290 g/mol. The first-order chi connectivity index (χ1) is 9.38. The third-order valence-corrected chi connectivity index (χ3v) is 3.77. The van der Waals surface area contributed by atoms with E-state index in [9.17, 15) is 18.0 Å². The Kier molecular flexibility index (Phi) is 4.29. The molecule has 20 heavy (non-hydrogen) atoms. The summed E-state index contributed by atoms with van der Waals surface area (Å²) in [5, 5.41) is 6.33. The molecule has 0 radical (unpaired) electrons. The number of amides is 1. The molecule has 0 bridgehead atoms. The molecule has 1 heterocycles. The van der Waals surface area contributed by atoms with Gasteiger partial charge in [-0.15, -0.1) is 0 Å². The standard InChI is InChI=1S/C12H17F3N4O/c1-19(6-10-16-7-17-18-10)11(20)8-2-4-9(5-3-8)12(13,14)15/h7-9H,2-6H2,1H3,(H,16,17,18). The molecular formula is C12H17F3N4O. The van der Waals surface area contributed by atoms with Gasteiger partial charge in [-0.25, -0.2) is 4.98 Å². The fourth-order valence-corrected chi connectivity index (χ4v) is 2.59. The van der Waals surface area contributed by atoms with E-state index in [-0.39, 0.29) is 31.2 Å². The second kappa shape index (κ2) is 5.80. The minimum Gasteiger partial charge on any atom is -0.338 e. The van der Waals surface area contributed by atoms with Crippen LogP contribution in [0.3, 0.4) is 0 Å².